The van der Waals surface area contributed by atoms with E-state index in [1.165, 1.54) is 43.3 Å². The van der Waals surface area contributed by atoms with E-state index in [2.05, 4.69) is 4.98 Å². The minimum Gasteiger partial charge on any atom is -0.478 e. The van der Waals surface area contributed by atoms with Gasteiger partial charge in [0.05, 0.1) is 10.6 Å². The van der Waals surface area contributed by atoms with Crippen LogP contribution < -0.4 is 10.3 Å². The third-order valence-corrected chi connectivity index (χ3v) is 6.09. The first-order chi connectivity index (χ1) is 15.8. The Hall–Kier alpha value is -3.01. The van der Waals surface area contributed by atoms with E-state index in [0.29, 0.717) is 0 Å². The minimum absolute atomic E-state index is 0.00255. The lowest BCUT2D eigenvalue weighted by Gasteiger charge is -2.37. The summed E-state index contributed by atoms with van der Waals surface area (Å²) in [4.78, 5) is 25.0. The number of halogens is 5. The highest BCUT2D eigenvalue weighted by Gasteiger charge is 2.59. The van der Waals surface area contributed by atoms with Crippen molar-refractivity contribution in [1.82, 2.24) is 4.98 Å². The van der Waals surface area contributed by atoms with Crippen LogP contribution in [-0.4, -0.2) is 27.3 Å². The predicted octanol–water partition coefficient (Wildman–Crippen LogP) is 6.03. The van der Waals surface area contributed by atoms with Crippen molar-refractivity contribution in [3.05, 3.63) is 91.3 Å². The van der Waals surface area contributed by atoms with Crippen molar-refractivity contribution < 1.29 is 32.9 Å². The molecule has 0 aliphatic heterocycles. The number of aromatic amines is 1. The van der Waals surface area contributed by atoms with Gasteiger partial charge in [0, 0.05) is 34.3 Å². The van der Waals surface area contributed by atoms with Crippen molar-refractivity contribution in [2.75, 3.05) is 0 Å². The Morgan fingerprint density at radius 1 is 1.06 bits per heavy atom. The Morgan fingerprint density at radius 3 is 2.24 bits per heavy atom. The van der Waals surface area contributed by atoms with Gasteiger partial charge in [0.25, 0.3) is 5.56 Å². The van der Waals surface area contributed by atoms with Crippen molar-refractivity contribution in [2.45, 2.75) is 31.5 Å². The van der Waals surface area contributed by atoms with Gasteiger partial charge in [0.15, 0.2) is 5.60 Å². The van der Waals surface area contributed by atoms with E-state index in [0.717, 1.165) is 19.2 Å². The fraction of sp³-hybridized carbons (Fsp3) is 0.217. The van der Waals surface area contributed by atoms with Gasteiger partial charge >= 0.3 is 12.1 Å². The molecule has 3 N–H and O–H groups in total. The first-order valence-electron chi connectivity index (χ1n) is 9.74. The monoisotopic (exact) mass is 515 g/mol. The van der Waals surface area contributed by atoms with E-state index in [4.69, 9.17) is 33.0 Å². The quantitative estimate of drug-likeness (QED) is 0.372. The summed E-state index contributed by atoms with van der Waals surface area (Å²) in [7, 11) is 0. The van der Waals surface area contributed by atoms with Gasteiger partial charge < -0.3 is 19.9 Å². The van der Waals surface area contributed by atoms with Gasteiger partial charge in [-0.15, -0.1) is 0 Å². The highest BCUT2D eigenvalue weighted by atomic mass is 35.5. The third-order valence-electron chi connectivity index (χ3n) is 5.43. The molecule has 1 heterocycles. The minimum atomic E-state index is -5.13. The van der Waals surface area contributed by atoms with Crippen LogP contribution in [0.1, 0.15) is 39.9 Å². The van der Waals surface area contributed by atoms with Gasteiger partial charge in [-0.1, -0.05) is 30.1 Å². The van der Waals surface area contributed by atoms with Gasteiger partial charge in [0.1, 0.15) is 11.5 Å². The Labute approximate surface area is 201 Å². The summed E-state index contributed by atoms with van der Waals surface area (Å²) in [5.74, 6) is -2.64. The number of pyridine rings is 1. The van der Waals surface area contributed by atoms with Crippen molar-refractivity contribution in [1.29, 1.82) is 0 Å². The van der Waals surface area contributed by atoms with Crippen LogP contribution in [0.4, 0.5) is 13.2 Å². The number of benzene rings is 2. The maximum Gasteiger partial charge on any atom is 0.422 e. The molecule has 0 amide bonds. The second-order valence-electron chi connectivity index (χ2n) is 7.62. The van der Waals surface area contributed by atoms with Crippen LogP contribution in [0.2, 0.25) is 10.0 Å². The molecule has 0 saturated carbocycles. The summed E-state index contributed by atoms with van der Waals surface area (Å²) in [6.07, 6.45) is -4.31. The number of nitrogens with one attached hydrogen (secondary N) is 1. The van der Waals surface area contributed by atoms with Crippen LogP contribution in [-0.2, 0) is 5.60 Å². The number of H-pyrrole nitrogens is 1. The van der Waals surface area contributed by atoms with Crippen molar-refractivity contribution in [3.63, 3.8) is 0 Å². The normalized spacial score (nSPS) is 14.4. The fourth-order valence-corrected chi connectivity index (χ4v) is 4.02. The number of carbonyl (C=O) groups is 1. The van der Waals surface area contributed by atoms with E-state index in [-0.39, 0.29) is 38.2 Å². The maximum atomic E-state index is 14.2. The summed E-state index contributed by atoms with van der Waals surface area (Å²) in [6.45, 7) is 2.48. The Morgan fingerprint density at radius 2 is 1.68 bits per heavy atom. The Balaban J connectivity index is 2.05. The molecule has 6 nitrogen and oxygen atoms in total. The molecule has 180 valence electrons. The molecule has 0 aliphatic carbocycles. The molecule has 0 aliphatic rings. The summed E-state index contributed by atoms with van der Waals surface area (Å²) in [5, 5.41) is 19.9. The number of hydrogen-bond acceptors (Lipinski definition) is 4. The SMILES string of the molecule is Cc1cc(C(O)(C(C)c2cc(Oc3ccc(C(=O)O)c(Cl)c3)ccc2Cl)C(F)(F)F)c[nH]c1=O. The van der Waals surface area contributed by atoms with Crippen molar-refractivity contribution in [2.24, 2.45) is 0 Å². The molecular weight excluding hydrogens is 498 g/mol. The molecule has 2 unspecified atom stereocenters. The summed E-state index contributed by atoms with van der Waals surface area (Å²) in [5.41, 5.74) is -4.75. The van der Waals surface area contributed by atoms with Crippen LogP contribution >= 0.6 is 23.2 Å². The molecule has 1 aromatic heterocycles. The number of aromatic carboxylic acids is 1. The number of aliphatic hydroxyl groups is 1. The molecule has 3 aromatic rings. The summed E-state index contributed by atoms with van der Waals surface area (Å²) < 4.78 is 48.3. The second kappa shape index (κ2) is 9.32. The number of carboxylic acids is 1. The van der Waals surface area contributed by atoms with E-state index in [1.54, 1.807) is 0 Å². The topological polar surface area (TPSA) is 99.6 Å². The zero-order valence-electron chi connectivity index (χ0n) is 17.7. The molecule has 0 saturated heterocycles. The zero-order chi connectivity index (χ0) is 25.4. The molecule has 2 atom stereocenters. The largest absolute Gasteiger partial charge is 0.478 e. The number of ether oxygens (including phenoxy) is 1. The number of aromatic nitrogens is 1. The lowest BCUT2D eigenvalue weighted by Crippen LogP contribution is -2.47. The van der Waals surface area contributed by atoms with E-state index >= 15 is 0 Å². The maximum absolute atomic E-state index is 14.2. The highest BCUT2D eigenvalue weighted by Crippen LogP contribution is 2.50. The molecule has 0 radical (unpaired) electrons. The molecule has 0 bridgehead atoms. The number of carboxylic acid groups (broad SMARTS) is 1. The highest BCUT2D eigenvalue weighted by molar-refractivity contribution is 6.33. The summed E-state index contributed by atoms with van der Waals surface area (Å²) in [6, 6.07) is 8.73. The number of aryl methyl sites for hydroxylation is 1. The first kappa shape index (κ1) is 25.6. The van der Waals surface area contributed by atoms with E-state index < -0.39 is 34.8 Å². The first-order valence-corrected chi connectivity index (χ1v) is 10.5. The van der Waals surface area contributed by atoms with Crippen molar-refractivity contribution in [3.8, 4) is 11.5 Å². The molecule has 0 spiro atoms. The summed E-state index contributed by atoms with van der Waals surface area (Å²) >= 11 is 12.1. The van der Waals surface area contributed by atoms with Crippen LogP contribution in [0.25, 0.3) is 0 Å². The molecule has 34 heavy (non-hydrogen) atoms. The Kier molecular flexibility index (Phi) is 7.02. The lowest BCUT2D eigenvalue weighted by molar-refractivity contribution is -0.274. The predicted molar refractivity (Wildman–Crippen MR) is 120 cm³/mol. The molecule has 3 rings (SSSR count). The average molecular weight is 516 g/mol. The van der Waals surface area contributed by atoms with Gasteiger partial charge in [-0.05, 0) is 48.9 Å². The second-order valence-corrected chi connectivity index (χ2v) is 8.43. The third kappa shape index (κ3) is 4.77. The number of hydrogen-bond donors (Lipinski definition) is 3. The average Bonchev–Trinajstić information content (AvgIpc) is 2.75. The van der Waals surface area contributed by atoms with Crippen LogP contribution in [0, 0.1) is 6.92 Å². The van der Waals surface area contributed by atoms with Gasteiger partial charge in [-0.3, -0.25) is 4.79 Å². The zero-order valence-corrected chi connectivity index (χ0v) is 19.2. The standard InChI is InChI=1S/C23H18Cl2F3NO5/c1-11-7-13(10-29-20(11)30)22(33,23(26,27)28)12(2)17-8-14(4-6-18(17)24)34-15-3-5-16(21(31)32)19(25)9-15/h3-10,12,33H,1-2H3,(H,29,30)(H,31,32). The molecular formula is C23H18Cl2F3NO5. The smallest absolute Gasteiger partial charge is 0.422 e. The van der Waals surface area contributed by atoms with E-state index in [9.17, 15) is 27.9 Å². The molecule has 11 heteroatoms. The van der Waals surface area contributed by atoms with Gasteiger partial charge in [-0.2, -0.15) is 13.2 Å². The van der Waals surface area contributed by atoms with E-state index in [1.807, 2.05) is 0 Å². The molecule has 0 fully saturated rings. The number of rotatable bonds is 6. The van der Waals surface area contributed by atoms with Crippen LogP contribution in [0.3, 0.4) is 0 Å². The van der Waals surface area contributed by atoms with Crippen LogP contribution in [0.5, 0.6) is 11.5 Å². The lowest BCUT2D eigenvalue weighted by atomic mass is 9.78. The number of alkyl halides is 3. The van der Waals surface area contributed by atoms with Crippen molar-refractivity contribution >= 4 is 29.2 Å². The van der Waals surface area contributed by atoms with Crippen LogP contribution in [0.15, 0.2) is 53.5 Å². The fourth-order valence-electron chi connectivity index (χ4n) is 3.49. The van der Waals surface area contributed by atoms with Gasteiger partial charge in [0.2, 0.25) is 0 Å². The molecule has 2 aromatic carbocycles. The Bertz CT molecular complexity index is 1310. The van der Waals surface area contributed by atoms with Gasteiger partial charge in [-0.25, -0.2) is 4.79 Å².